The van der Waals surface area contributed by atoms with E-state index in [4.69, 9.17) is 4.74 Å². The van der Waals surface area contributed by atoms with Crippen molar-refractivity contribution in [3.63, 3.8) is 0 Å². The van der Waals surface area contributed by atoms with Crippen LogP contribution in [-0.4, -0.2) is 56.1 Å². The van der Waals surface area contributed by atoms with E-state index in [0.29, 0.717) is 36.5 Å². The number of fused-ring (bicyclic) bond motifs is 3. The van der Waals surface area contributed by atoms with Gasteiger partial charge < -0.3 is 19.4 Å². The van der Waals surface area contributed by atoms with E-state index in [1.54, 1.807) is 12.1 Å². The van der Waals surface area contributed by atoms with Crippen molar-refractivity contribution in [3.8, 4) is 0 Å². The number of Topliss-reactive ketones (excluding diaryl/α,β-unsaturated/α-hetero) is 1. The molecule has 3 heterocycles. The average molecular weight is 492 g/mol. The molecule has 5 nitrogen and oxygen atoms in total. The summed E-state index contributed by atoms with van der Waals surface area (Å²) in [6, 6.07) is 13.1. The summed E-state index contributed by atoms with van der Waals surface area (Å²) in [5, 5.41) is 0. The molecule has 0 aliphatic carbocycles. The van der Waals surface area contributed by atoms with Gasteiger partial charge in [-0.2, -0.15) is 0 Å². The van der Waals surface area contributed by atoms with Crippen LogP contribution in [0.15, 0.2) is 54.9 Å². The molecule has 2 aromatic carbocycles. The van der Waals surface area contributed by atoms with E-state index in [0.717, 1.165) is 57.9 Å². The van der Waals surface area contributed by atoms with Gasteiger partial charge in [-0.3, -0.25) is 4.79 Å². The third-order valence-electron chi connectivity index (χ3n) is 7.96. The smallest absolute Gasteiger partial charge is 0.186 e. The second-order valence-corrected chi connectivity index (χ2v) is 10.8. The van der Waals surface area contributed by atoms with E-state index in [1.165, 1.54) is 29.1 Å². The fourth-order valence-corrected chi connectivity index (χ4v) is 6.03. The zero-order valence-electron chi connectivity index (χ0n) is 21.6. The molecule has 5 rings (SSSR count). The van der Waals surface area contributed by atoms with Crippen molar-refractivity contribution in [2.45, 2.75) is 51.5 Å². The standard InChI is InChI=1S/C30H38FN3O2/c1-21(2)14-19-36-22(3)33-17-18-34-27-13-16-32(20-26(27)25-6-4-7-28(33)30(25)34)15-5-8-29(35)23-9-11-24(31)12-10-23/h4,6-7,9-12,21,26-27H,3,5,8,13-20H2,1-2H3. The van der Waals surface area contributed by atoms with Gasteiger partial charge >= 0.3 is 0 Å². The minimum absolute atomic E-state index is 0.0914. The summed E-state index contributed by atoms with van der Waals surface area (Å²) in [7, 11) is 0. The van der Waals surface area contributed by atoms with Gasteiger partial charge in [0.25, 0.3) is 0 Å². The third-order valence-corrected chi connectivity index (χ3v) is 7.96. The number of anilines is 2. The lowest BCUT2D eigenvalue weighted by Gasteiger charge is -2.42. The summed E-state index contributed by atoms with van der Waals surface area (Å²) < 4.78 is 19.2. The fourth-order valence-electron chi connectivity index (χ4n) is 6.03. The molecule has 0 bridgehead atoms. The van der Waals surface area contributed by atoms with Crippen LogP contribution in [0, 0.1) is 11.7 Å². The summed E-state index contributed by atoms with van der Waals surface area (Å²) in [6.07, 6.45) is 3.49. The number of hydrogen-bond donors (Lipinski definition) is 0. The summed E-state index contributed by atoms with van der Waals surface area (Å²) in [5.74, 6) is 1.64. The SMILES string of the molecule is C=C(OCCC(C)C)N1CCN2c3c(cccc31)C1CN(CCCC(=O)c3ccc(F)cc3)CCC12. The van der Waals surface area contributed by atoms with Crippen LogP contribution in [0.25, 0.3) is 0 Å². The van der Waals surface area contributed by atoms with Crippen LogP contribution < -0.4 is 9.80 Å². The van der Waals surface area contributed by atoms with Gasteiger partial charge in [0.1, 0.15) is 5.82 Å². The number of hydrogen-bond acceptors (Lipinski definition) is 5. The number of rotatable bonds is 10. The number of benzene rings is 2. The number of carbonyl (C=O) groups excluding carboxylic acids is 1. The van der Waals surface area contributed by atoms with Crippen molar-refractivity contribution in [1.82, 2.24) is 4.90 Å². The second kappa shape index (κ2) is 10.6. The van der Waals surface area contributed by atoms with Gasteiger partial charge in [0.15, 0.2) is 11.7 Å². The Bertz CT molecular complexity index is 1100. The molecule has 0 aromatic heterocycles. The molecular formula is C30H38FN3O2. The second-order valence-electron chi connectivity index (χ2n) is 10.8. The van der Waals surface area contributed by atoms with Crippen molar-refractivity contribution < 1.29 is 13.9 Å². The first-order valence-corrected chi connectivity index (χ1v) is 13.4. The van der Waals surface area contributed by atoms with Gasteiger partial charge in [-0.05, 0) is 74.2 Å². The molecule has 0 N–H and O–H groups in total. The number of halogens is 1. The van der Waals surface area contributed by atoms with E-state index in [9.17, 15) is 9.18 Å². The maximum atomic E-state index is 13.1. The van der Waals surface area contributed by atoms with Crippen molar-refractivity contribution in [2.24, 2.45) is 5.92 Å². The first kappa shape index (κ1) is 24.8. The van der Waals surface area contributed by atoms with Crippen LogP contribution in [0.5, 0.6) is 0 Å². The maximum absolute atomic E-state index is 13.1. The lowest BCUT2D eigenvalue weighted by atomic mass is 9.89. The predicted molar refractivity (Wildman–Crippen MR) is 143 cm³/mol. The lowest BCUT2D eigenvalue weighted by Crippen LogP contribution is -2.49. The number of likely N-dealkylation sites (tertiary alicyclic amines) is 1. The number of carbonyl (C=O) groups is 1. The summed E-state index contributed by atoms with van der Waals surface area (Å²) in [5.41, 5.74) is 4.62. The average Bonchev–Trinajstić information content (AvgIpc) is 3.19. The molecule has 0 radical (unpaired) electrons. The van der Waals surface area contributed by atoms with E-state index < -0.39 is 0 Å². The molecule has 1 fully saturated rings. The van der Waals surface area contributed by atoms with Crippen molar-refractivity contribution in [1.29, 1.82) is 0 Å². The molecule has 2 atom stereocenters. The Morgan fingerprint density at radius 2 is 1.94 bits per heavy atom. The van der Waals surface area contributed by atoms with Crippen LogP contribution >= 0.6 is 0 Å². The monoisotopic (exact) mass is 491 g/mol. The van der Waals surface area contributed by atoms with Crippen LogP contribution in [0.1, 0.15) is 61.4 Å². The quantitative estimate of drug-likeness (QED) is 0.309. The van der Waals surface area contributed by atoms with E-state index >= 15 is 0 Å². The molecular weight excluding hydrogens is 453 g/mol. The Morgan fingerprint density at radius 3 is 2.72 bits per heavy atom. The Hall–Kier alpha value is -2.86. The summed E-state index contributed by atoms with van der Waals surface area (Å²) in [6.45, 7) is 14.3. The van der Waals surface area contributed by atoms with Crippen LogP contribution in [0.4, 0.5) is 15.8 Å². The molecule has 0 saturated carbocycles. The number of nitrogens with zero attached hydrogens (tertiary/aromatic N) is 3. The largest absolute Gasteiger partial charge is 0.479 e. The fraction of sp³-hybridized carbons (Fsp3) is 0.500. The van der Waals surface area contributed by atoms with Gasteiger partial charge in [0.05, 0.1) is 18.0 Å². The summed E-state index contributed by atoms with van der Waals surface area (Å²) in [4.78, 5) is 19.9. The van der Waals surface area contributed by atoms with Crippen molar-refractivity contribution >= 4 is 17.2 Å². The highest BCUT2D eigenvalue weighted by Gasteiger charge is 2.45. The topological polar surface area (TPSA) is 36.0 Å². The van der Waals surface area contributed by atoms with Crippen LogP contribution in [0.3, 0.4) is 0 Å². The Labute approximate surface area is 214 Å². The van der Waals surface area contributed by atoms with Gasteiger partial charge in [-0.1, -0.05) is 26.0 Å². The molecule has 36 heavy (non-hydrogen) atoms. The van der Waals surface area contributed by atoms with Crippen LogP contribution in [0.2, 0.25) is 0 Å². The molecule has 2 unspecified atom stereocenters. The zero-order chi connectivity index (χ0) is 25.2. The van der Waals surface area contributed by atoms with E-state index in [-0.39, 0.29) is 11.6 Å². The molecule has 3 aliphatic heterocycles. The number of ether oxygens (including phenoxy) is 1. The highest BCUT2D eigenvalue weighted by Crippen LogP contribution is 2.51. The highest BCUT2D eigenvalue weighted by molar-refractivity contribution is 5.96. The minimum Gasteiger partial charge on any atom is -0.479 e. The third kappa shape index (κ3) is 5.01. The summed E-state index contributed by atoms with van der Waals surface area (Å²) >= 11 is 0. The van der Waals surface area contributed by atoms with E-state index in [2.05, 4.69) is 53.3 Å². The Balaban J connectivity index is 1.22. The number of ketones is 1. The highest BCUT2D eigenvalue weighted by atomic mass is 19.1. The molecule has 2 aromatic rings. The normalized spacial score (nSPS) is 20.9. The Morgan fingerprint density at radius 1 is 1.14 bits per heavy atom. The van der Waals surface area contributed by atoms with E-state index in [1.807, 2.05) is 0 Å². The van der Waals surface area contributed by atoms with Gasteiger partial charge in [-0.25, -0.2) is 4.39 Å². The molecule has 0 spiro atoms. The van der Waals surface area contributed by atoms with Gasteiger partial charge in [-0.15, -0.1) is 0 Å². The minimum atomic E-state index is -0.307. The number of piperidine rings is 1. The molecule has 1 saturated heterocycles. The first-order valence-electron chi connectivity index (χ1n) is 13.4. The predicted octanol–water partition coefficient (Wildman–Crippen LogP) is 5.82. The molecule has 6 heteroatoms. The Kier molecular flexibility index (Phi) is 7.33. The lowest BCUT2D eigenvalue weighted by molar-refractivity contribution is 0.0971. The van der Waals surface area contributed by atoms with Gasteiger partial charge in [0.2, 0.25) is 0 Å². The molecule has 0 amide bonds. The van der Waals surface area contributed by atoms with Crippen molar-refractivity contribution in [2.75, 3.05) is 49.1 Å². The van der Waals surface area contributed by atoms with Crippen molar-refractivity contribution in [3.05, 3.63) is 71.9 Å². The van der Waals surface area contributed by atoms with Crippen LogP contribution in [-0.2, 0) is 4.74 Å². The van der Waals surface area contributed by atoms with Gasteiger partial charge in [0, 0.05) is 50.1 Å². The molecule has 192 valence electrons. The number of para-hydroxylation sites is 1. The first-order chi connectivity index (χ1) is 17.4. The molecule has 3 aliphatic rings. The maximum Gasteiger partial charge on any atom is 0.186 e. The zero-order valence-corrected chi connectivity index (χ0v) is 21.6.